The van der Waals surface area contributed by atoms with E-state index in [1.807, 2.05) is 18.2 Å². The quantitative estimate of drug-likeness (QED) is 0.925. The number of carbonyl (C=O) groups is 2. The second kappa shape index (κ2) is 6.08. The van der Waals surface area contributed by atoms with E-state index in [9.17, 15) is 9.59 Å². The van der Waals surface area contributed by atoms with E-state index in [1.165, 1.54) is 0 Å². The van der Waals surface area contributed by atoms with Crippen LogP contribution in [0.3, 0.4) is 0 Å². The summed E-state index contributed by atoms with van der Waals surface area (Å²) < 4.78 is 10.7. The number of pyridine rings is 1. The molecule has 7 heteroatoms. The number of fused-ring (bicyclic) bond motifs is 1. The van der Waals surface area contributed by atoms with Gasteiger partial charge in [0.05, 0.1) is 12.0 Å². The van der Waals surface area contributed by atoms with Crippen molar-refractivity contribution in [1.29, 1.82) is 0 Å². The Morgan fingerprint density at radius 2 is 2.08 bits per heavy atom. The Kier molecular flexibility index (Phi) is 3.76. The molecule has 0 bridgehead atoms. The number of anilines is 1. The van der Waals surface area contributed by atoms with Crippen LogP contribution in [0.2, 0.25) is 0 Å². The second-order valence-electron chi connectivity index (χ2n) is 6.08. The van der Waals surface area contributed by atoms with Gasteiger partial charge in [0.15, 0.2) is 11.5 Å². The first-order valence-corrected chi connectivity index (χ1v) is 8.00. The second-order valence-corrected chi connectivity index (χ2v) is 6.08. The molecule has 2 atom stereocenters. The van der Waals surface area contributed by atoms with Gasteiger partial charge in [-0.25, -0.2) is 4.98 Å². The number of likely N-dealkylation sites (tertiary alicyclic amines) is 1. The third-order valence-corrected chi connectivity index (χ3v) is 4.58. The van der Waals surface area contributed by atoms with E-state index in [2.05, 4.69) is 10.3 Å². The van der Waals surface area contributed by atoms with E-state index in [1.54, 1.807) is 36.3 Å². The van der Waals surface area contributed by atoms with Crippen LogP contribution in [0.5, 0.6) is 11.5 Å². The molecule has 2 aliphatic rings. The molecule has 128 valence electrons. The SMILES string of the molecule is CN1C(=O)C[C@H](C(=O)Nc2ccccn2)[C@H]1c1ccc2c(c1)OCO2. The highest BCUT2D eigenvalue weighted by Crippen LogP contribution is 2.41. The van der Waals surface area contributed by atoms with E-state index >= 15 is 0 Å². The van der Waals surface area contributed by atoms with Crippen LogP contribution in [0.1, 0.15) is 18.0 Å². The van der Waals surface area contributed by atoms with Gasteiger partial charge in [-0.3, -0.25) is 9.59 Å². The van der Waals surface area contributed by atoms with Crippen molar-refractivity contribution in [1.82, 2.24) is 9.88 Å². The summed E-state index contributed by atoms with van der Waals surface area (Å²) in [6.07, 6.45) is 1.77. The minimum Gasteiger partial charge on any atom is -0.454 e. The Morgan fingerprint density at radius 1 is 1.24 bits per heavy atom. The first-order valence-electron chi connectivity index (χ1n) is 8.00. The zero-order chi connectivity index (χ0) is 17.4. The summed E-state index contributed by atoms with van der Waals surface area (Å²) in [7, 11) is 1.71. The van der Waals surface area contributed by atoms with Gasteiger partial charge in [0, 0.05) is 19.7 Å². The minimum absolute atomic E-state index is 0.0659. The molecular weight excluding hydrogens is 322 g/mol. The van der Waals surface area contributed by atoms with E-state index in [4.69, 9.17) is 9.47 Å². The molecule has 0 aliphatic carbocycles. The molecule has 4 rings (SSSR count). The molecule has 0 spiro atoms. The molecule has 1 saturated heterocycles. The smallest absolute Gasteiger partial charge is 0.231 e. The zero-order valence-electron chi connectivity index (χ0n) is 13.6. The van der Waals surface area contributed by atoms with Crippen LogP contribution in [0, 0.1) is 5.92 Å². The van der Waals surface area contributed by atoms with Crippen molar-refractivity contribution >= 4 is 17.6 Å². The van der Waals surface area contributed by atoms with E-state index < -0.39 is 5.92 Å². The number of benzene rings is 1. The lowest BCUT2D eigenvalue weighted by Crippen LogP contribution is -2.30. The molecule has 25 heavy (non-hydrogen) atoms. The lowest BCUT2D eigenvalue weighted by Gasteiger charge is -2.25. The van der Waals surface area contributed by atoms with Gasteiger partial charge in [0.2, 0.25) is 18.6 Å². The van der Waals surface area contributed by atoms with Gasteiger partial charge in [0.25, 0.3) is 0 Å². The van der Waals surface area contributed by atoms with Crippen LogP contribution >= 0.6 is 0 Å². The third kappa shape index (κ3) is 2.77. The fourth-order valence-corrected chi connectivity index (χ4v) is 3.31. The Bertz CT molecular complexity index is 824. The Hall–Kier alpha value is -3.09. The number of nitrogens with one attached hydrogen (secondary N) is 1. The van der Waals surface area contributed by atoms with E-state index in [-0.39, 0.29) is 31.1 Å². The van der Waals surface area contributed by atoms with Crippen LogP contribution in [0.4, 0.5) is 5.82 Å². The van der Waals surface area contributed by atoms with Crippen molar-refractivity contribution in [3.63, 3.8) is 0 Å². The molecule has 3 heterocycles. The zero-order valence-corrected chi connectivity index (χ0v) is 13.6. The maximum atomic E-state index is 12.7. The maximum absolute atomic E-state index is 12.7. The average molecular weight is 339 g/mol. The molecule has 0 unspecified atom stereocenters. The fraction of sp³-hybridized carbons (Fsp3) is 0.278. The normalized spacial score (nSPS) is 21.5. The summed E-state index contributed by atoms with van der Waals surface area (Å²) in [5.74, 6) is 0.987. The molecule has 2 amide bonds. The largest absolute Gasteiger partial charge is 0.454 e. The summed E-state index contributed by atoms with van der Waals surface area (Å²) in [5, 5.41) is 2.79. The number of hydrogen-bond donors (Lipinski definition) is 1. The number of ether oxygens (including phenoxy) is 2. The lowest BCUT2D eigenvalue weighted by molar-refractivity contribution is -0.128. The lowest BCUT2D eigenvalue weighted by atomic mass is 9.92. The first kappa shape index (κ1) is 15.4. The van der Waals surface area contributed by atoms with E-state index in [0.29, 0.717) is 17.3 Å². The van der Waals surface area contributed by atoms with Gasteiger partial charge in [0.1, 0.15) is 5.82 Å². The third-order valence-electron chi connectivity index (χ3n) is 4.58. The molecule has 7 nitrogen and oxygen atoms in total. The molecule has 1 aromatic heterocycles. The van der Waals surface area contributed by atoms with Crippen molar-refractivity contribution in [2.45, 2.75) is 12.5 Å². The van der Waals surface area contributed by atoms with Crippen LogP contribution in [0.25, 0.3) is 0 Å². The monoisotopic (exact) mass is 339 g/mol. The van der Waals surface area contributed by atoms with Gasteiger partial charge in [-0.2, -0.15) is 0 Å². The van der Waals surface area contributed by atoms with Crippen molar-refractivity contribution in [2.24, 2.45) is 5.92 Å². The molecule has 0 saturated carbocycles. The highest BCUT2D eigenvalue weighted by molar-refractivity contribution is 5.97. The van der Waals surface area contributed by atoms with Gasteiger partial charge in [-0.15, -0.1) is 0 Å². The highest BCUT2D eigenvalue weighted by Gasteiger charge is 2.43. The fourth-order valence-electron chi connectivity index (χ4n) is 3.31. The first-order chi connectivity index (χ1) is 12.1. The van der Waals surface area contributed by atoms with Crippen molar-refractivity contribution in [3.8, 4) is 11.5 Å². The maximum Gasteiger partial charge on any atom is 0.231 e. The summed E-state index contributed by atoms with van der Waals surface area (Å²) in [5.41, 5.74) is 0.846. The predicted octanol–water partition coefficient (Wildman–Crippen LogP) is 1.97. The van der Waals surface area contributed by atoms with Gasteiger partial charge in [-0.1, -0.05) is 12.1 Å². The highest BCUT2D eigenvalue weighted by atomic mass is 16.7. The summed E-state index contributed by atoms with van der Waals surface area (Å²) in [4.78, 5) is 30.7. The van der Waals surface area contributed by atoms with Crippen LogP contribution in [0.15, 0.2) is 42.6 Å². The number of aromatic nitrogens is 1. The van der Waals surface area contributed by atoms with Crippen molar-refractivity contribution in [3.05, 3.63) is 48.2 Å². The Balaban J connectivity index is 1.62. The molecule has 1 aromatic carbocycles. The molecular formula is C18H17N3O4. The van der Waals surface area contributed by atoms with Crippen LogP contribution in [-0.2, 0) is 9.59 Å². The molecule has 1 fully saturated rings. The van der Waals surface area contributed by atoms with Gasteiger partial charge < -0.3 is 19.7 Å². The van der Waals surface area contributed by atoms with Crippen LogP contribution < -0.4 is 14.8 Å². The number of hydrogen-bond acceptors (Lipinski definition) is 5. The number of nitrogens with zero attached hydrogens (tertiary/aromatic N) is 2. The standard InChI is InChI=1S/C18H17N3O4/c1-21-16(22)9-12(18(23)20-15-4-2-3-7-19-15)17(21)11-5-6-13-14(8-11)25-10-24-13/h2-8,12,17H,9-10H2,1H3,(H,19,20,23)/t12-,17+/m0/s1. The number of carbonyl (C=O) groups excluding carboxylic acids is 2. The van der Waals surface area contributed by atoms with Crippen molar-refractivity contribution in [2.75, 3.05) is 19.2 Å². The predicted molar refractivity (Wildman–Crippen MR) is 89.0 cm³/mol. The molecule has 0 radical (unpaired) electrons. The molecule has 2 aromatic rings. The molecule has 2 aliphatic heterocycles. The van der Waals surface area contributed by atoms with Gasteiger partial charge in [-0.05, 0) is 29.8 Å². The summed E-state index contributed by atoms with van der Waals surface area (Å²) in [6, 6.07) is 10.4. The number of rotatable bonds is 3. The Morgan fingerprint density at radius 3 is 2.88 bits per heavy atom. The minimum atomic E-state index is -0.500. The van der Waals surface area contributed by atoms with Crippen molar-refractivity contribution < 1.29 is 19.1 Å². The van der Waals surface area contributed by atoms with E-state index in [0.717, 1.165) is 5.56 Å². The topological polar surface area (TPSA) is 80.8 Å². The summed E-state index contributed by atoms with van der Waals surface area (Å²) in [6.45, 7) is 0.182. The summed E-state index contributed by atoms with van der Waals surface area (Å²) >= 11 is 0. The average Bonchev–Trinajstić information content (AvgIpc) is 3.20. The Labute approximate surface area is 144 Å². The molecule has 1 N–H and O–H groups in total. The van der Waals surface area contributed by atoms with Gasteiger partial charge >= 0.3 is 0 Å². The van der Waals surface area contributed by atoms with Crippen LogP contribution in [-0.4, -0.2) is 35.5 Å². The number of amides is 2.